The van der Waals surface area contributed by atoms with Crippen LogP contribution in [-0.4, -0.2) is 52.0 Å². The van der Waals surface area contributed by atoms with E-state index in [0.29, 0.717) is 37.1 Å². The Morgan fingerprint density at radius 3 is 1.81 bits per heavy atom. The Morgan fingerprint density at radius 2 is 1.38 bits per heavy atom. The first-order chi connectivity index (χ1) is 10.3. The van der Waals surface area contributed by atoms with Crippen LogP contribution >= 0.6 is 0 Å². The Kier molecular flexibility index (Phi) is 4.80. The van der Waals surface area contributed by atoms with Gasteiger partial charge in [0, 0.05) is 24.8 Å². The number of rotatable bonds is 10. The molecule has 0 radical (unpaired) electrons. The molecule has 6 heteroatoms. The third-order valence-corrected chi connectivity index (χ3v) is 3.04. The van der Waals surface area contributed by atoms with E-state index in [2.05, 4.69) is 0 Å². The number of hydrogen-bond acceptors (Lipinski definition) is 6. The van der Waals surface area contributed by atoms with Crippen molar-refractivity contribution in [3.05, 3.63) is 18.2 Å². The first-order valence-electron chi connectivity index (χ1n) is 7.18. The van der Waals surface area contributed by atoms with Crippen LogP contribution in [-0.2, 0) is 14.2 Å². The molecular formula is C15H20O6. The van der Waals surface area contributed by atoms with Crippen molar-refractivity contribution in [1.29, 1.82) is 0 Å². The number of benzene rings is 1. The summed E-state index contributed by atoms with van der Waals surface area (Å²) >= 11 is 0. The van der Waals surface area contributed by atoms with Crippen molar-refractivity contribution in [1.82, 2.24) is 0 Å². The highest BCUT2D eigenvalue weighted by atomic mass is 16.7. The van der Waals surface area contributed by atoms with Gasteiger partial charge in [-0.1, -0.05) is 0 Å². The van der Waals surface area contributed by atoms with Gasteiger partial charge in [0.25, 0.3) is 0 Å². The van der Waals surface area contributed by atoms with Crippen LogP contribution in [0, 0.1) is 0 Å². The van der Waals surface area contributed by atoms with E-state index in [1.165, 1.54) is 0 Å². The van der Waals surface area contributed by atoms with Crippen LogP contribution in [0.5, 0.6) is 17.2 Å². The molecule has 116 valence electrons. The summed E-state index contributed by atoms with van der Waals surface area (Å²) < 4.78 is 32.4. The standard InChI is InChI=1S/C15H20O6/c1-2-16-10-21-13-4-11(17-6-14-8-19-14)3-12(5-13)18-7-15-9-20-15/h3-5,14-15H,2,6-10H2,1H3. The van der Waals surface area contributed by atoms with Crippen molar-refractivity contribution in [2.45, 2.75) is 19.1 Å². The van der Waals surface area contributed by atoms with Crippen molar-refractivity contribution in [3.63, 3.8) is 0 Å². The van der Waals surface area contributed by atoms with Gasteiger partial charge >= 0.3 is 0 Å². The fourth-order valence-electron chi connectivity index (χ4n) is 1.70. The van der Waals surface area contributed by atoms with Crippen LogP contribution in [0.25, 0.3) is 0 Å². The molecule has 0 aromatic heterocycles. The smallest absolute Gasteiger partial charge is 0.189 e. The molecule has 1 aromatic carbocycles. The Bertz CT molecular complexity index is 421. The van der Waals surface area contributed by atoms with Gasteiger partial charge in [0.1, 0.15) is 42.7 Å². The van der Waals surface area contributed by atoms with E-state index >= 15 is 0 Å². The highest BCUT2D eigenvalue weighted by Crippen LogP contribution is 2.29. The van der Waals surface area contributed by atoms with E-state index in [0.717, 1.165) is 13.2 Å². The molecule has 0 bridgehead atoms. The van der Waals surface area contributed by atoms with Gasteiger partial charge in [0.05, 0.1) is 13.2 Å². The second kappa shape index (κ2) is 6.98. The van der Waals surface area contributed by atoms with Gasteiger partial charge in [-0.15, -0.1) is 0 Å². The summed E-state index contributed by atoms with van der Waals surface area (Å²) in [5.74, 6) is 2.06. The molecule has 0 amide bonds. The molecule has 21 heavy (non-hydrogen) atoms. The summed E-state index contributed by atoms with van der Waals surface area (Å²) in [6.07, 6.45) is 0.421. The van der Waals surface area contributed by atoms with Crippen molar-refractivity contribution in [3.8, 4) is 17.2 Å². The highest BCUT2D eigenvalue weighted by Gasteiger charge is 2.24. The molecule has 2 aliphatic rings. The molecule has 3 rings (SSSR count). The second-order valence-corrected chi connectivity index (χ2v) is 4.93. The Labute approximate surface area is 123 Å². The number of epoxide rings is 2. The van der Waals surface area contributed by atoms with Gasteiger partial charge in [-0.2, -0.15) is 0 Å². The molecule has 0 N–H and O–H groups in total. The molecule has 2 saturated heterocycles. The van der Waals surface area contributed by atoms with Crippen molar-refractivity contribution < 1.29 is 28.4 Å². The zero-order chi connectivity index (χ0) is 14.5. The molecule has 2 aliphatic heterocycles. The Morgan fingerprint density at radius 1 is 0.905 bits per heavy atom. The SMILES string of the molecule is CCOCOc1cc(OCC2CO2)cc(OCC2CO2)c1. The number of ether oxygens (including phenoxy) is 6. The molecule has 0 aliphatic carbocycles. The molecule has 0 spiro atoms. The van der Waals surface area contributed by atoms with Crippen LogP contribution in [0.3, 0.4) is 0 Å². The molecule has 2 heterocycles. The van der Waals surface area contributed by atoms with E-state index < -0.39 is 0 Å². The summed E-state index contributed by atoms with van der Waals surface area (Å²) in [5, 5.41) is 0. The predicted octanol–water partition coefficient (Wildman–Crippen LogP) is 1.61. The lowest BCUT2D eigenvalue weighted by atomic mass is 10.3. The molecule has 2 unspecified atom stereocenters. The fraction of sp³-hybridized carbons (Fsp3) is 0.600. The molecule has 2 fully saturated rings. The summed E-state index contributed by atoms with van der Waals surface area (Å²) in [4.78, 5) is 0. The summed E-state index contributed by atoms with van der Waals surface area (Å²) in [5.41, 5.74) is 0. The quantitative estimate of drug-likeness (QED) is 0.371. The normalized spacial score (nSPS) is 22.7. The van der Waals surface area contributed by atoms with Crippen LogP contribution in [0.4, 0.5) is 0 Å². The van der Waals surface area contributed by atoms with E-state index in [9.17, 15) is 0 Å². The topological polar surface area (TPSA) is 62.0 Å². The minimum Gasteiger partial charge on any atom is -0.491 e. The van der Waals surface area contributed by atoms with Crippen molar-refractivity contribution in [2.24, 2.45) is 0 Å². The zero-order valence-electron chi connectivity index (χ0n) is 12.1. The average molecular weight is 296 g/mol. The summed E-state index contributed by atoms with van der Waals surface area (Å²) in [7, 11) is 0. The lowest BCUT2D eigenvalue weighted by Crippen LogP contribution is -2.07. The maximum absolute atomic E-state index is 5.68. The lowest BCUT2D eigenvalue weighted by molar-refractivity contribution is 0.0221. The van der Waals surface area contributed by atoms with Crippen LogP contribution in [0.15, 0.2) is 18.2 Å². The van der Waals surface area contributed by atoms with Crippen LogP contribution in [0.1, 0.15) is 6.92 Å². The van der Waals surface area contributed by atoms with Gasteiger partial charge in [-0.25, -0.2) is 0 Å². The van der Waals surface area contributed by atoms with Crippen LogP contribution < -0.4 is 14.2 Å². The monoisotopic (exact) mass is 296 g/mol. The van der Waals surface area contributed by atoms with Crippen molar-refractivity contribution >= 4 is 0 Å². The van der Waals surface area contributed by atoms with Crippen LogP contribution in [0.2, 0.25) is 0 Å². The summed E-state index contributed by atoms with van der Waals surface area (Å²) in [6.45, 7) is 5.35. The van der Waals surface area contributed by atoms with E-state index in [1.54, 1.807) is 0 Å². The van der Waals surface area contributed by atoms with Gasteiger partial charge in [-0.3, -0.25) is 0 Å². The van der Waals surface area contributed by atoms with E-state index in [1.807, 2.05) is 25.1 Å². The first kappa shape index (κ1) is 14.4. The minimum atomic E-state index is 0.205. The number of hydrogen-bond donors (Lipinski definition) is 0. The molecule has 6 nitrogen and oxygen atoms in total. The third-order valence-electron chi connectivity index (χ3n) is 3.04. The summed E-state index contributed by atoms with van der Waals surface area (Å²) in [6, 6.07) is 5.49. The molecule has 0 saturated carbocycles. The average Bonchev–Trinajstić information content (AvgIpc) is 3.38. The van der Waals surface area contributed by atoms with Gasteiger partial charge in [0.2, 0.25) is 0 Å². The molecule has 2 atom stereocenters. The lowest BCUT2D eigenvalue weighted by Gasteiger charge is -2.12. The zero-order valence-corrected chi connectivity index (χ0v) is 12.1. The van der Waals surface area contributed by atoms with Gasteiger partial charge in [0.15, 0.2) is 6.79 Å². The Hall–Kier alpha value is -1.50. The second-order valence-electron chi connectivity index (χ2n) is 4.93. The maximum atomic E-state index is 5.68. The van der Waals surface area contributed by atoms with Gasteiger partial charge in [-0.05, 0) is 6.92 Å². The van der Waals surface area contributed by atoms with Gasteiger partial charge < -0.3 is 28.4 Å². The van der Waals surface area contributed by atoms with E-state index in [4.69, 9.17) is 28.4 Å². The fourth-order valence-corrected chi connectivity index (χ4v) is 1.70. The molecule has 1 aromatic rings. The third kappa shape index (κ3) is 5.08. The van der Waals surface area contributed by atoms with Crippen molar-refractivity contribution in [2.75, 3.05) is 39.8 Å². The van der Waals surface area contributed by atoms with E-state index in [-0.39, 0.29) is 19.0 Å². The highest BCUT2D eigenvalue weighted by molar-refractivity contribution is 5.42. The Balaban J connectivity index is 1.60. The first-order valence-corrected chi connectivity index (χ1v) is 7.18. The maximum Gasteiger partial charge on any atom is 0.189 e. The minimum absolute atomic E-state index is 0.205. The predicted molar refractivity (Wildman–Crippen MR) is 74.0 cm³/mol. The largest absolute Gasteiger partial charge is 0.491 e. The molecular weight excluding hydrogens is 276 g/mol.